The Morgan fingerprint density at radius 2 is 0.773 bits per heavy atom. The van der Waals surface area contributed by atoms with Gasteiger partial charge in [-0.15, -0.1) is 0 Å². The number of amides is 1. The normalized spacial score (nSPS) is 13.7. The fourth-order valence-corrected chi connectivity index (χ4v) is 6.35. The van der Waals surface area contributed by atoms with Gasteiger partial charge in [0, 0.05) is 0 Å². The molecule has 0 spiro atoms. The summed E-state index contributed by atoms with van der Waals surface area (Å²) in [5.41, 5.74) is 0. The highest BCUT2D eigenvalue weighted by Gasteiger charge is 2.21. The van der Waals surface area contributed by atoms with Crippen LogP contribution in [-0.4, -0.2) is 46.1 Å². The molecule has 0 radical (unpaired) electrons. The van der Waals surface area contributed by atoms with Gasteiger partial charge in [-0.05, 0) is 12.8 Å². The minimum absolute atomic E-state index is 0.0424. The first-order valence-electron chi connectivity index (χ1n) is 19.8. The molecule has 0 heterocycles. The van der Waals surface area contributed by atoms with Crippen molar-refractivity contribution in [2.75, 3.05) is 6.61 Å². The number of nitrogens with one attached hydrogen (secondary N) is 1. The second-order valence-electron chi connectivity index (χ2n) is 13.9. The van der Waals surface area contributed by atoms with Gasteiger partial charge in [-0.3, -0.25) is 4.79 Å². The van der Waals surface area contributed by atoms with Crippen molar-refractivity contribution in [3.63, 3.8) is 0 Å². The maximum atomic E-state index is 12.4. The molecule has 0 aromatic rings. The van der Waals surface area contributed by atoms with Gasteiger partial charge >= 0.3 is 0 Å². The molecule has 5 nitrogen and oxygen atoms in total. The number of carbonyl (C=O) groups is 1. The molecule has 0 saturated carbocycles. The molecular weight excluding hydrogens is 546 g/mol. The van der Waals surface area contributed by atoms with Gasteiger partial charge < -0.3 is 20.6 Å². The van der Waals surface area contributed by atoms with Gasteiger partial charge in [-0.25, -0.2) is 0 Å². The maximum absolute atomic E-state index is 12.4. The van der Waals surface area contributed by atoms with Crippen LogP contribution in [0.4, 0.5) is 0 Å². The highest BCUT2D eigenvalue weighted by atomic mass is 16.3. The van der Waals surface area contributed by atoms with E-state index in [1.165, 1.54) is 161 Å². The Morgan fingerprint density at radius 1 is 0.477 bits per heavy atom. The van der Waals surface area contributed by atoms with Crippen LogP contribution in [0.25, 0.3) is 0 Å². The van der Waals surface area contributed by atoms with Crippen molar-refractivity contribution in [1.82, 2.24) is 5.32 Å². The van der Waals surface area contributed by atoms with E-state index in [1.807, 2.05) is 0 Å². The fraction of sp³-hybridized carbons (Fsp3) is 0.974. The first-order valence-corrected chi connectivity index (χ1v) is 19.8. The fourth-order valence-electron chi connectivity index (χ4n) is 6.35. The van der Waals surface area contributed by atoms with E-state index in [-0.39, 0.29) is 18.9 Å². The second kappa shape index (κ2) is 35.2. The van der Waals surface area contributed by atoms with Crippen LogP contribution in [0.15, 0.2) is 0 Å². The van der Waals surface area contributed by atoms with Crippen LogP contribution in [0.3, 0.4) is 0 Å². The van der Waals surface area contributed by atoms with Crippen LogP contribution in [0.1, 0.15) is 219 Å². The third kappa shape index (κ3) is 31.3. The zero-order chi connectivity index (χ0) is 32.4. The summed E-state index contributed by atoms with van der Waals surface area (Å²) in [6.07, 6.45) is 37.7. The molecule has 0 rings (SSSR count). The Hall–Kier alpha value is -0.650. The lowest BCUT2D eigenvalue weighted by Crippen LogP contribution is -2.46. The van der Waals surface area contributed by atoms with Gasteiger partial charge in [0.15, 0.2) is 0 Å². The molecule has 0 saturated heterocycles. The van der Waals surface area contributed by atoms with Crippen molar-refractivity contribution in [2.24, 2.45) is 0 Å². The van der Waals surface area contributed by atoms with Gasteiger partial charge in [-0.1, -0.05) is 200 Å². The van der Waals surface area contributed by atoms with E-state index in [2.05, 4.69) is 19.2 Å². The Morgan fingerprint density at radius 3 is 1.09 bits per heavy atom. The quantitative estimate of drug-likeness (QED) is 0.0521. The number of rotatable bonds is 36. The monoisotopic (exact) mass is 626 g/mol. The number of hydrogen-bond acceptors (Lipinski definition) is 4. The third-order valence-electron chi connectivity index (χ3n) is 9.42. The molecular formula is C39H79NO4. The molecule has 0 bridgehead atoms. The topological polar surface area (TPSA) is 89.8 Å². The van der Waals surface area contributed by atoms with E-state index in [0.717, 1.165) is 25.7 Å². The molecule has 4 N–H and O–H groups in total. The van der Waals surface area contributed by atoms with Crippen LogP contribution in [-0.2, 0) is 4.79 Å². The zero-order valence-corrected chi connectivity index (χ0v) is 29.8. The SMILES string of the molecule is CCCCCCCCCCCCCCCCCCC(O)CC(=O)N[C@@H](CO)[C@H](O)CCCCCCCCCCCCCCC. The summed E-state index contributed by atoms with van der Waals surface area (Å²) in [7, 11) is 0. The van der Waals surface area contributed by atoms with Crippen LogP contribution < -0.4 is 5.32 Å². The maximum Gasteiger partial charge on any atom is 0.222 e. The number of unbranched alkanes of at least 4 members (excludes halogenated alkanes) is 27. The van der Waals surface area contributed by atoms with E-state index in [0.29, 0.717) is 12.8 Å². The molecule has 1 amide bonds. The lowest BCUT2D eigenvalue weighted by Gasteiger charge is -2.23. The Balaban J connectivity index is 3.62. The number of hydrogen-bond donors (Lipinski definition) is 4. The predicted molar refractivity (Wildman–Crippen MR) is 190 cm³/mol. The molecule has 5 heteroatoms. The van der Waals surface area contributed by atoms with Crippen molar-refractivity contribution in [3.05, 3.63) is 0 Å². The highest BCUT2D eigenvalue weighted by Crippen LogP contribution is 2.16. The number of aliphatic hydroxyl groups excluding tert-OH is 3. The molecule has 0 fully saturated rings. The van der Waals surface area contributed by atoms with E-state index >= 15 is 0 Å². The van der Waals surface area contributed by atoms with E-state index < -0.39 is 18.2 Å². The standard InChI is InChI=1S/C39H79NO4/c1-3-5-7-9-11-13-15-17-18-19-21-22-24-26-28-30-32-36(42)34-39(44)40-37(35-41)38(43)33-31-29-27-25-23-20-16-14-12-10-8-6-4-2/h36-38,41-43H,3-35H2,1-2H3,(H,40,44)/t36?,37-,38+/m0/s1. The van der Waals surface area contributed by atoms with Crippen molar-refractivity contribution in [2.45, 2.75) is 238 Å². The molecule has 0 aliphatic heterocycles. The van der Waals surface area contributed by atoms with E-state index in [9.17, 15) is 20.1 Å². The molecule has 3 atom stereocenters. The van der Waals surface area contributed by atoms with E-state index in [1.54, 1.807) is 0 Å². The molecule has 1 unspecified atom stereocenters. The summed E-state index contributed by atoms with van der Waals surface area (Å²) in [4.78, 5) is 12.4. The van der Waals surface area contributed by atoms with Gasteiger partial charge in [-0.2, -0.15) is 0 Å². The largest absolute Gasteiger partial charge is 0.394 e. The molecule has 0 aromatic carbocycles. The summed E-state index contributed by atoms with van der Waals surface area (Å²) in [5, 5.41) is 33.3. The van der Waals surface area contributed by atoms with Crippen molar-refractivity contribution >= 4 is 5.91 Å². The summed E-state index contributed by atoms with van der Waals surface area (Å²) in [6.45, 7) is 4.26. The zero-order valence-electron chi connectivity index (χ0n) is 29.8. The van der Waals surface area contributed by atoms with Crippen LogP contribution in [0.2, 0.25) is 0 Å². The Labute approximate surface area is 275 Å². The van der Waals surface area contributed by atoms with Crippen molar-refractivity contribution in [1.29, 1.82) is 0 Å². The summed E-state index contributed by atoms with van der Waals surface area (Å²) in [5.74, 6) is -0.280. The van der Waals surface area contributed by atoms with Gasteiger partial charge in [0.1, 0.15) is 0 Å². The first kappa shape index (κ1) is 43.4. The first-order chi connectivity index (χ1) is 21.5. The predicted octanol–water partition coefficient (Wildman–Crippen LogP) is 10.7. The van der Waals surface area contributed by atoms with Gasteiger partial charge in [0.2, 0.25) is 5.91 Å². The highest BCUT2D eigenvalue weighted by molar-refractivity contribution is 5.76. The minimum Gasteiger partial charge on any atom is -0.394 e. The van der Waals surface area contributed by atoms with Crippen LogP contribution in [0.5, 0.6) is 0 Å². The second-order valence-corrected chi connectivity index (χ2v) is 13.9. The Kier molecular flexibility index (Phi) is 34.7. The Bertz CT molecular complexity index is 572. The van der Waals surface area contributed by atoms with Crippen LogP contribution >= 0.6 is 0 Å². The number of carbonyl (C=O) groups excluding carboxylic acids is 1. The van der Waals surface area contributed by atoms with Crippen molar-refractivity contribution in [3.8, 4) is 0 Å². The van der Waals surface area contributed by atoms with Crippen molar-refractivity contribution < 1.29 is 20.1 Å². The van der Waals surface area contributed by atoms with Gasteiger partial charge in [0.25, 0.3) is 0 Å². The lowest BCUT2D eigenvalue weighted by molar-refractivity contribution is -0.125. The smallest absolute Gasteiger partial charge is 0.222 e. The molecule has 264 valence electrons. The van der Waals surface area contributed by atoms with Crippen LogP contribution in [0, 0.1) is 0 Å². The summed E-state index contributed by atoms with van der Waals surface area (Å²) in [6, 6.07) is -0.650. The molecule has 0 aromatic heterocycles. The lowest BCUT2D eigenvalue weighted by atomic mass is 10.0. The third-order valence-corrected chi connectivity index (χ3v) is 9.42. The average molecular weight is 626 g/mol. The average Bonchev–Trinajstić information content (AvgIpc) is 3.01. The summed E-state index contributed by atoms with van der Waals surface area (Å²) >= 11 is 0. The molecule has 44 heavy (non-hydrogen) atoms. The molecule has 0 aliphatic rings. The minimum atomic E-state index is -0.742. The number of aliphatic hydroxyl groups is 3. The summed E-state index contributed by atoms with van der Waals surface area (Å²) < 4.78 is 0. The van der Waals surface area contributed by atoms with Gasteiger partial charge in [0.05, 0.1) is 31.3 Å². The van der Waals surface area contributed by atoms with E-state index in [4.69, 9.17) is 0 Å². The molecule has 0 aliphatic carbocycles.